The van der Waals surface area contributed by atoms with Crippen LogP contribution in [0.3, 0.4) is 0 Å². The number of nitrogens with one attached hydrogen (secondary N) is 1. The Morgan fingerprint density at radius 1 is 1.00 bits per heavy atom. The summed E-state index contributed by atoms with van der Waals surface area (Å²) in [4.78, 5) is 28.4. The number of hydrogen-bond acceptors (Lipinski definition) is 6. The molecule has 0 spiro atoms. The van der Waals surface area contributed by atoms with Gasteiger partial charge < -0.3 is 24.6 Å². The Labute approximate surface area is 245 Å². The molecule has 1 amide bonds. The maximum absolute atomic E-state index is 14.6. The van der Waals surface area contributed by atoms with Crippen LogP contribution in [0.15, 0.2) is 54.6 Å². The topological polar surface area (TPSA) is 97.3 Å². The van der Waals surface area contributed by atoms with Gasteiger partial charge in [0.1, 0.15) is 11.6 Å². The van der Waals surface area contributed by atoms with Gasteiger partial charge in [-0.05, 0) is 66.3 Å². The minimum Gasteiger partial charge on any atom is -0.494 e. The fraction of sp³-hybridized carbons (Fsp3) is 0.394. The van der Waals surface area contributed by atoms with E-state index in [0.717, 1.165) is 23.1 Å². The summed E-state index contributed by atoms with van der Waals surface area (Å²) in [6.45, 7) is 6.80. The number of halogens is 1. The molecule has 3 aromatic rings. The maximum atomic E-state index is 14.6. The molecule has 2 aliphatic heterocycles. The van der Waals surface area contributed by atoms with E-state index in [-0.39, 0.29) is 25.1 Å². The van der Waals surface area contributed by atoms with E-state index in [1.807, 2.05) is 62.1 Å². The molecule has 2 heterocycles. The van der Waals surface area contributed by atoms with E-state index in [0.29, 0.717) is 54.5 Å². The number of fused-ring (bicyclic) bond motifs is 1. The van der Waals surface area contributed by atoms with Crippen LogP contribution in [0.1, 0.15) is 61.4 Å². The van der Waals surface area contributed by atoms with Gasteiger partial charge in [0.15, 0.2) is 11.5 Å². The minimum absolute atomic E-state index is 0.0631. The molecule has 3 atom stereocenters. The van der Waals surface area contributed by atoms with Crippen molar-refractivity contribution in [3.8, 4) is 17.2 Å². The van der Waals surface area contributed by atoms with Crippen molar-refractivity contribution in [2.45, 2.75) is 52.0 Å². The van der Waals surface area contributed by atoms with Crippen LogP contribution in [-0.2, 0) is 22.4 Å². The van der Waals surface area contributed by atoms with Crippen molar-refractivity contribution in [2.24, 2.45) is 5.92 Å². The molecule has 42 heavy (non-hydrogen) atoms. The van der Waals surface area contributed by atoms with Crippen LogP contribution in [0.4, 0.5) is 10.1 Å². The van der Waals surface area contributed by atoms with E-state index in [2.05, 4.69) is 5.32 Å². The molecule has 9 heteroatoms. The van der Waals surface area contributed by atoms with Gasteiger partial charge in [-0.2, -0.15) is 0 Å². The molecule has 2 aliphatic rings. The Balaban J connectivity index is 1.48. The SMILES string of the molecule is CCCOc1ccc([C@H]2[C@H](C(=O)O)[C@@H](c3ccc4c(c3)OCO4)CN2CC(=O)Nc2c(CC)ccc(F)c2CC)cc1. The number of aliphatic carboxylic acids is 1. The number of benzene rings is 3. The second-order valence-corrected chi connectivity index (χ2v) is 10.7. The van der Waals surface area contributed by atoms with Crippen molar-refractivity contribution in [1.82, 2.24) is 4.90 Å². The summed E-state index contributed by atoms with van der Waals surface area (Å²) in [5, 5.41) is 13.5. The van der Waals surface area contributed by atoms with Gasteiger partial charge in [0.05, 0.1) is 24.8 Å². The predicted molar refractivity (Wildman–Crippen MR) is 157 cm³/mol. The van der Waals surface area contributed by atoms with Gasteiger partial charge in [0.25, 0.3) is 0 Å². The van der Waals surface area contributed by atoms with Gasteiger partial charge in [0.2, 0.25) is 12.7 Å². The molecule has 0 unspecified atom stereocenters. The molecule has 2 N–H and O–H groups in total. The highest BCUT2D eigenvalue weighted by molar-refractivity contribution is 5.94. The number of carbonyl (C=O) groups excluding carboxylic acids is 1. The van der Waals surface area contributed by atoms with Gasteiger partial charge in [-0.3, -0.25) is 14.5 Å². The van der Waals surface area contributed by atoms with Gasteiger partial charge in [-0.15, -0.1) is 0 Å². The van der Waals surface area contributed by atoms with Gasteiger partial charge in [-0.1, -0.05) is 45.0 Å². The fourth-order valence-corrected chi connectivity index (χ4v) is 6.08. The summed E-state index contributed by atoms with van der Waals surface area (Å²) in [6.07, 6.45) is 1.94. The van der Waals surface area contributed by atoms with Crippen LogP contribution < -0.4 is 19.5 Å². The third-order valence-electron chi connectivity index (χ3n) is 8.09. The molecular weight excluding hydrogens is 539 g/mol. The van der Waals surface area contributed by atoms with Crippen LogP contribution in [0.2, 0.25) is 0 Å². The number of anilines is 1. The van der Waals surface area contributed by atoms with E-state index in [9.17, 15) is 19.1 Å². The number of rotatable bonds is 11. The first-order valence-corrected chi connectivity index (χ1v) is 14.5. The second-order valence-electron chi connectivity index (χ2n) is 10.7. The number of aryl methyl sites for hydroxylation is 1. The molecule has 0 bridgehead atoms. The Morgan fingerprint density at radius 3 is 2.43 bits per heavy atom. The highest BCUT2D eigenvalue weighted by Crippen LogP contribution is 2.47. The normalized spacial score (nSPS) is 19.6. The third-order valence-corrected chi connectivity index (χ3v) is 8.09. The lowest BCUT2D eigenvalue weighted by molar-refractivity contribution is -0.143. The van der Waals surface area contributed by atoms with Crippen molar-refractivity contribution >= 4 is 17.6 Å². The van der Waals surface area contributed by atoms with Crippen LogP contribution in [-0.4, -0.2) is 48.4 Å². The molecular formula is C33H37FN2O6. The Kier molecular flexibility index (Phi) is 8.97. The monoisotopic (exact) mass is 576 g/mol. The average Bonchev–Trinajstić information content (AvgIpc) is 3.61. The van der Waals surface area contributed by atoms with E-state index < -0.39 is 23.8 Å². The van der Waals surface area contributed by atoms with E-state index >= 15 is 0 Å². The quantitative estimate of drug-likeness (QED) is 0.291. The van der Waals surface area contributed by atoms with E-state index in [1.165, 1.54) is 6.07 Å². The van der Waals surface area contributed by atoms with Crippen molar-refractivity contribution < 1.29 is 33.3 Å². The van der Waals surface area contributed by atoms with E-state index in [4.69, 9.17) is 14.2 Å². The number of carboxylic acid groups (broad SMARTS) is 1. The summed E-state index contributed by atoms with van der Waals surface area (Å²) in [7, 11) is 0. The maximum Gasteiger partial charge on any atom is 0.309 e. The van der Waals surface area contributed by atoms with Crippen LogP contribution in [0.25, 0.3) is 0 Å². The summed E-state index contributed by atoms with van der Waals surface area (Å²) in [5.41, 5.74) is 3.39. The number of carboxylic acids is 1. The van der Waals surface area contributed by atoms with Crippen molar-refractivity contribution in [2.75, 3.05) is 31.8 Å². The lowest BCUT2D eigenvalue weighted by atomic mass is 9.82. The first-order chi connectivity index (χ1) is 20.3. The number of ether oxygens (including phenoxy) is 3. The van der Waals surface area contributed by atoms with Crippen molar-refractivity contribution in [3.63, 3.8) is 0 Å². The lowest BCUT2D eigenvalue weighted by Gasteiger charge is -2.27. The molecule has 8 nitrogen and oxygen atoms in total. The first kappa shape index (κ1) is 29.4. The number of amides is 1. The molecule has 0 aromatic heterocycles. The van der Waals surface area contributed by atoms with Crippen molar-refractivity contribution in [1.29, 1.82) is 0 Å². The molecule has 1 saturated heterocycles. The average molecular weight is 577 g/mol. The minimum atomic E-state index is -0.955. The predicted octanol–water partition coefficient (Wildman–Crippen LogP) is 5.95. The fourth-order valence-electron chi connectivity index (χ4n) is 6.08. The van der Waals surface area contributed by atoms with Gasteiger partial charge in [0, 0.05) is 24.1 Å². The lowest BCUT2D eigenvalue weighted by Crippen LogP contribution is -2.35. The number of nitrogens with zero attached hydrogens (tertiary/aromatic N) is 1. The zero-order valence-corrected chi connectivity index (χ0v) is 24.2. The number of carbonyl (C=O) groups is 2. The molecule has 0 radical (unpaired) electrons. The van der Waals surface area contributed by atoms with Crippen molar-refractivity contribution in [3.05, 3.63) is 82.7 Å². The summed E-state index contributed by atoms with van der Waals surface area (Å²) in [5.74, 6) is -1.00. The molecule has 1 fully saturated rings. The summed E-state index contributed by atoms with van der Waals surface area (Å²) < 4.78 is 31.4. The van der Waals surface area contributed by atoms with Gasteiger partial charge >= 0.3 is 5.97 Å². The largest absolute Gasteiger partial charge is 0.494 e. The standard InChI is InChI=1S/C33H37FN2O6/c1-4-15-40-23-11-7-21(8-12-23)32-30(33(38)39)25(22-10-14-27-28(16-22)42-19-41-27)17-36(32)18-29(37)35-31-20(5-2)9-13-26(34)24(31)6-3/h7-14,16,25,30,32H,4-6,15,17-19H2,1-3H3,(H,35,37)(H,38,39)/t25-,30-,32+/m1/s1. The number of hydrogen-bond donors (Lipinski definition) is 2. The third kappa shape index (κ3) is 5.92. The zero-order valence-electron chi connectivity index (χ0n) is 24.2. The van der Waals surface area contributed by atoms with E-state index in [1.54, 1.807) is 12.1 Å². The smallest absolute Gasteiger partial charge is 0.309 e. The van der Waals surface area contributed by atoms with Crippen LogP contribution in [0.5, 0.6) is 17.2 Å². The Bertz CT molecular complexity index is 1440. The summed E-state index contributed by atoms with van der Waals surface area (Å²) >= 11 is 0. The van der Waals surface area contributed by atoms with Crippen LogP contribution >= 0.6 is 0 Å². The van der Waals surface area contributed by atoms with Gasteiger partial charge in [-0.25, -0.2) is 4.39 Å². The highest BCUT2D eigenvalue weighted by atomic mass is 19.1. The molecule has 222 valence electrons. The Hall–Kier alpha value is -4.11. The molecule has 3 aromatic carbocycles. The first-order valence-electron chi connectivity index (χ1n) is 14.5. The summed E-state index contributed by atoms with van der Waals surface area (Å²) in [6, 6.07) is 15.4. The highest BCUT2D eigenvalue weighted by Gasteiger charge is 2.48. The van der Waals surface area contributed by atoms with Crippen LogP contribution in [0, 0.1) is 11.7 Å². The molecule has 0 aliphatic carbocycles. The zero-order chi connectivity index (χ0) is 29.8. The Morgan fingerprint density at radius 2 is 1.74 bits per heavy atom. The molecule has 5 rings (SSSR count). The second kappa shape index (κ2) is 12.8. The number of likely N-dealkylation sites (tertiary alicyclic amines) is 1. The molecule has 0 saturated carbocycles.